The van der Waals surface area contributed by atoms with Gasteiger partial charge in [-0.3, -0.25) is 9.78 Å². The van der Waals surface area contributed by atoms with E-state index in [0.29, 0.717) is 17.7 Å². The zero-order valence-corrected chi connectivity index (χ0v) is 6.78. The Bertz CT molecular complexity index is 307. The largest absolute Gasteiger partial charge is 0.496 e. The summed E-state index contributed by atoms with van der Waals surface area (Å²) in [6.45, 7) is 3.59. The predicted molar refractivity (Wildman–Crippen MR) is 46.3 cm³/mol. The molecule has 0 bridgehead atoms. The Hall–Kier alpha value is -1.64. The van der Waals surface area contributed by atoms with E-state index in [1.807, 2.05) is 0 Å². The van der Waals surface area contributed by atoms with Gasteiger partial charge in [-0.2, -0.15) is 0 Å². The number of pyridine rings is 1. The molecule has 0 unspecified atom stereocenters. The Morgan fingerprint density at radius 2 is 2.42 bits per heavy atom. The van der Waals surface area contributed by atoms with Crippen LogP contribution in [0.3, 0.4) is 0 Å². The highest BCUT2D eigenvalue weighted by molar-refractivity contribution is 5.73. The first-order chi connectivity index (χ1) is 5.81. The number of hydrogen-bond donors (Lipinski definition) is 0. The standard InChI is InChI=1S/C9H9NO2/c1-3-7-5-10-8(6-11)4-9(7)12-2/h3-6H,1H2,2H3. The first-order valence-corrected chi connectivity index (χ1v) is 3.43. The van der Waals surface area contributed by atoms with Crippen LogP contribution in [0, 0.1) is 0 Å². The van der Waals surface area contributed by atoms with Gasteiger partial charge in [-0.25, -0.2) is 0 Å². The highest BCUT2D eigenvalue weighted by Gasteiger charge is 2.00. The third-order valence-corrected chi connectivity index (χ3v) is 1.48. The fourth-order valence-corrected chi connectivity index (χ4v) is 0.857. The van der Waals surface area contributed by atoms with E-state index >= 15 is 0 Å². The van der Waals surface area contributed by atoms with E-state index in [1.54, 1.807) is 18.3 Å². The van der Waals surface area contributed by atoms with Gasteiger partial charge in [-0.05, 0) is 0 Å². The Labute approximate surface area is 70.7 Å². The summed E-state index contributed by atoms with van der Waals surface area (Å²) in [7, 11) is 1.54. The second kappa shape index (κ2) is 3.67. The molecule has 0 aliphatic rings. The van der Waals surface area contributed by atoms with Crippen LogP contribution in [-0.2, 0) is 0 Å². The molecule has 0 fully saturated rings. The molecular weight excluding hydrogens is 154 g/mol. The Kier molecular flexibility index (Phi) is 2.58. The van der Waals surface area contributed by atoms with Crippen molar-refractivity contribution >= 4 is 12.4 Å². The van der Waals surface area contributed by atoms with E-state index < -0.39 is 0 Å². The summed E-state index contributed by atoms with van der Waals surface area (Å²) in [5.74, 6) is 0.613. The molecule has 0 spiro atoms. The SMILES string of the molecule is C=Cc1cnc(C=O)cc1OC. The van der Waals surface area contributed by atoms with Crippen LogP contribution in [0.15, 0.2) is 18.8 Å². The lowest BCUT2D eigenvalue weighted by atomic mass is 10.2. The Balaban J connectivity index is 3.18. The number of ether oxygens (including phenoxy) is 1. The Morgan fingerprint density at radius 1 is 1.67 bits per heavy atom. The molecule has 0 N–H and O–H groups in total. The second-order valence-corrected chi connectivity index (χ2v) is 2.17. The normalized spacial score (nSPS) is 9.08. The molecule has 62 valence electrons. The molecule has 0 amide bonds. The van der Waals surface area contributed by atoms with Crippen LogP contribution < -0.4 is 4.74 Å². The number of rotatable bonds is 3. The third-order valence-electron chi connectivity index (χ3n) is 1.48. The molecular formula is C9H9NO2. The van der Waals surface area contributed by atoms with Gasteiger partial charge in [0.1, 0.15) is 11.4 Å². The van der Waals surface area contributed by atoms with Crippen molar-refractivity contribution < 1.29 is 9.53 Å². The Morgan fingerprint density at radius 3 is 2.92 bits per heavy atom. The van der Waals surface area contributed by atoms with Crippen LogP contribution in [0.25, 0.3) is 6.08 Å². The van der Waals surface area contributed by atoms with Crippen LogP contribution in [-0.4, -0.2) is 18.4 Å². The molecule has 1 aromatic heterocycles. The zero-order valence-electron chi connectivity index (χ0n) is 6.78. The molecule has 0 aromatic carbocycles. The van der Waals surface area contributed by atoms with E-state index in [-0.39, 0.29) is 0 Å². The van der Waals surface area contributed by atoms with Gasteiger partial charge in [0.25, 0.3) is 0 Å². The number of aromatic nitrogens is 1. The van der Waals surface area contributed by atoms with Gasteiger partial charge in [-0.1, -0.05) is 12.7 Å². The van der Waals surface area contributed by atoms with Crippen molar-refractivity contribution in [2.45, 2.75) is 0 Å². The van der Waals surface area contributed by atoms with Gasteiger partial charge in [0, 0.05) is 17.8 Å². The van der Waals surface area contributed by atoms with Crippen LogP contribution in [0.4, 0.5) is 0 Å². The lowest BCUT2D eigenvalue weighted by Gasteiger charge is -2.03. The molecule has 12 heavy (non-hydrogen) atoms. The monoisotopic (exact) mass is 163 g/mol. The number of methoxy groups -OCH3 is 1. The van der Waals surface area contributed by atoms with Gasteiger partial charge < -0.3 is 4.74 Å². The summed E-state index contributed by atoms with van der Waals surface area (Å²) in [5, 5.41) is 0. The summed E-state index contributed by atoms with van der Waals surface area (Å²) in [5.41, 5.74) is 1.14. The van der Waals surface area contributed by atoms with Crippen LogP contribution in [0.5, 0.6) is 5.75 Å². The lowest BCUT2D eigenvalue weighted by molar-refractivity contribution is 0.111. The van der Waals surface area contributed by atoms with E-state index in [9.17, 15) is 4.79 Å². The molecule has 1 heterocycles. The molecule has 3 heteroatoms. The van der Waals surface area contributed by atoms with E-state index in [4.69, 9.17) is 4.74 Å². The van der Waals surface area contributed by atoms with Gasteiger partial charge in [0.15, 0.2) is 6.29 Å². The van der Waals surface area contributed by atoms with Crippen molar-refractivity contribution in [2.24, 2.45) is 0 Å². The van der Waals surface area contributed by atoms with Crippen molar-refractivity contribution in [3.05, 3.63) is 30.1 Å². The highest BCUT2D eigenvalue weighted by Crippen LogP contribution is 2.18. The minimum absolute atomic E-state index is 0.359. The fraction of sp³-hybridized carbons (Fsp3) is 0.111. The number of carbonyl (C=O) groups excluding carboxylic acids is 1. The average Bonchev–Trinajstić information content (AvgIpc) is 2.16. The van der Waals surface area contributed by atoms with Gasteiger partial charge in [0.05, 0.1) is 7.11 Å². The molecule has 0 saturated heterocycles. The first-order valence-electron chi connectivity index (χ1n) is 3.43. The number of hydrogen-bond acceptors (Lipinski definition) is 3. The van der Waals surface area contributed by atoms with Crippen LogP contribution >= 0.6 is 0 Å². The lowest BCUT2D eigenvalue weighted by Crippen LogP contribution is -1.92. The van der Waals surface area contributed by atoms with Crippen molar-refractivity contribution in [1.82, 2.24) is 4.98 Å². The van der Waals surface area contributed by atoms with Crippen molar-refractivity contribution in [3.63, 3.8) is 0 Å². The molecule has 1 aromatic rings. The van der Waals surface area contributed by atoms with Gasteiger partial charge in [0.2, 0.25) is 0 Å². The summed E-state index contributed by atoms with van der Waals surface area (Å²) < 4.78 is 5.01. The molecule has 0 saturated carbocycles. The van der Waals surface area contributed by atoms with Crippen LogP contribution in [0.2, 0.25) is 0 Å². The topological polar surface area (TPSA) is 39.2 Å². The summed E-state index contributed by atoms with van der Waals surface area (Å²) in [4.78, 5) is 14.2. The molecule has 0 atom stereocenters. The highest BCUT2D eigenvalue weighted by atomic mass is 16.5. The third kappa shape index (κ3) is 1.50. The fourth-order valence-electron chi connectivity index (χ4n) is 0.857. The van der Waals surface area contributed by atoms with Crippen molar-refractivity contribution in [2.75, 3.05) is 7.11 Å². The summed E-state index contributed by atoms with van der Waals surface area (Å²) >= 11 is 0. The number of carbonyl (C=O) groups is 1. The molecule has 0 aliphatic heterocycles. The van der Waals surface area contributed by atoms with Crippen LogP contribution in [0.1, 0.15) is 16.1 Å². The maximum Gasteiger partial charge on any atom is 0.168 e. The predicted octanol–water partition coefficient (Wildman–Crippen LogP) is 1.55. The smallest absolute Gasteiger partial charge is 0.168 e. The minimum atomic E-state index is 0.359. The number of nitrogens with zero attached hydrogens (tertiary/aromatic N) is 1. The molecule has 0 aliphatic carbocycles. The van der Waals surface area contributed by atoms with E-state index in [2.05, 4.69) is 11.6 Å². The van der Waals surface area contributed by atoms with Gasteiger partial charge >= 0.3 is 0 Å². The summed E-state index contributed by atoms with van der Waals surface area (Å²) in [6, 6.07) is 1.57. The zero-order chi connectivity index (χ0) is 8.97. The molecule has 0 radical (unpaired) electrons. The van der Waals surface area contributed by atoms with Gasteiger partial charge in [-0.15, -0.1) is 0 Å². The summed E-state index contributed by atoms with van der Waals surface area (Å²) in [6.07, 6.45) is 3.85. The molecule has 1 rings (SSSR count). The maximum absolute atomic E-state index is 10.3. The quantitative estimate of drug-likeness (QED) is 0.634. The van der Waals surface area contributed by atoms with Crippen molar-refractivity contribution in [3.8, 4) is 5.75 Å². The van der Waals surface area contributed by atoms with E-state index in [0.717, 1.165) is 5.56 Å². The second-order valence-electron chi connectivity index (χ2n) is 2.17. The average molecular weight is 163 g/mol. The number of aldehydes is 1. The molecule has 3 nitrogen and oxygen atoms in total. The minimum Gasteiger partial charge on any atom is -0.496 e. The van der Waals surface area contributed by atoms with E-state index in [1.165, 1.54) is 7.11 Å². The van der Waals surface area contributed by atoms with Crippen molar-refractivity contribution in [1.29, 1.82) is 0 Å². The maximum atomic E-state index is 10.3. The first kappa shape index (κ1) is 8.46.